The quantitative estimate of drug-likeness (QED) is 0.839. The van der Waals surface area contributed by atoms with Gasteiger partial charge in [0.05, 0.1) is 0 Å². The summed E-state index contributed by atoms with van der Waals surface area (Å²) in [4.78, 5) is 0. The molecule has 1 N–H and O–H groups in total. The largest absolute Gasteiger partial charge is 0.317 e. The molecule has 2 saturated heterocycles. The van der Waals surface area contributed by atoms with Gasteiger partial charge in [-0.1, -0.05) is 6.92 Å². The van der Waals surface area contributed by atoms with Gasteiger partial charge in [-0.3, -0.25) is 0 Å². The molecule has 21 heavy (non-hydrogen) atoms. The molecular weight excluding hydrogens is 286 g/mol. The average molecular weight is 317 g/mol. The van der Waals surface area contributed by atoms with Crippen LogP contribution in [-0.4, -0.2) is 55.8 Å². The molecule has 5 nitrogen and oxygen atoms in total. The van der Waals surface area contributed by atoms with Crippen molar-refractivity contribution in [3.8, 4) is 0 Å². The van der Waals surface area contributed by atoms with Crippen molar-refractivity contribution in [2.24, 2.45) is 11.8 Å². The average Bonchev–Trinajstić information content (AvgIpc) is 2.45. The Kier molecular flexibility index (Phi) is 6.05. The van der Waals surface area contributed by atoms with E-state index in [1.165, 1.54) is 0 Å². The third-order valence-corrected chi connectivity index (χ3v) is 6.86. The van der Waals surface area contributed by atoms with Crippen LogP contribution >= 0.6 is 0 Å². The van der Waals surface area contributed by atoms with Crippen LogP contribution < -0.4 is 5.32 Å². The second-order valence-electron chi connectivity index (χ2n) is 6.97. The van der Waals surface area contributed by atoms with Crippen molar-refractivity contribution >= 4 is 10.2 Å². The normalized spacial score (nSPS) is 26.6. The second-order valence-corrected chi connectivity index (χ2v) is 8.85. The summed E-state index contributed by atoms with van der Waals surface area (Å²) in [6.45, 7) is 10.2. The fraction of sp³-hybridized carbons (Fsp3) is 1.00. The molecule has 2 heterocycles. The molecule has 0 bridgehead atoms. The standard InChI is InChI=1S/C15H31N3O2S/c1-13(2)18(12-15-6-8-16-9-7-15)21(19,20)17-10-4-5-14(3)11-17/h13-16H,4-12H2,1-3H3. The van der Waals surface area contributed by atoms with E-state index in [1.54, 1.807) is 8.61 Å². The van der Waals surface area contributed by atoms with Crippen LogP contribution in [-0.2, 0) is 10.2 Å². The van der Waals surface area contributed by atoms with Crippen molar-refractivity contribution in [2.45, 2.75) is 52.5 Å². The van der Waals surface area contributed by atoms with E-state index in [1.807, 2.05) is 13.8 Å². The van der Waals surface area contributed by atoms with Crippen LogP contribution in [0, 0.1) is 11.8 Å². The van der Waals surface area contributed by atoms with Gasteiger partial charge in [0.1, 0.15) is 0 Å². The topological polar surface area (TPSA) is 52.7 Å². The maximum absolute atomic E-state index is 13.0. The highest BCUT2D eigenvalue weighted by atomic mass is 32.2. The van der Waals surface area contributed by atoms with Gasteiger partial charge in [0.2, 0.25) is 0 Å². The van der Waals surface area contributed by atoms with Gasteiger partial charge in [-0.25, -0.2) is 0 Å². The SMILES string of the molecule is CC1CCCN(S(=O)(=O)N(CC2CCNCC2)C(C)C)C1. The molecule has 1 atom stereocenters. The number of rotatable bonds is 5. The van der Waals surface area contributed by atoms with Crippen molar-refractivity contribution in [3.63, 3.8) is 0 Å². The number of nitrogens with zero attached hydrogens (tertiary/aromatic N) is 2. The van der Waals surface area contributed by atoms with Gasteiger partial charge in [-0.2, -0.15) is 17.0 Å². The molecule has 124 valence electrons. The Balaban J connectivity index is 2.07. The first-order valence-electron chi connectivity index (χ1n) is 8.39. The van der Waals surface area contributed by atoms with Gasteiger partial charge >= 0.3 is 0 Å². The van der Waals surface area contributed by atoms with Crippen molar-refractivity contribution in [1.82, 2.24) is 13.9 Å². The minimum Gasteiger partial charge on any atom is -0.317 e. The van der Waals surface area contributed by atoms with E-state index < -0.39 is 10.2 Å². The summed E-state index contributed by atoms with van der Waals surface area (Å²) >= 11 is 0. The summed E-state index contributed by atoms with van der Waals surface area (Å²) in [7, 11) is -3.31. The van der Waals surface area contributed by atoms with Crippen LogP contribution in [0.1, 0.15) is 46.5 Å². The summed E-state index contributed by atoms with van der Waals surface area (Å²) in [5.74, 6) is 0.965. The molecule has 0 aromatic carbocycles. The first kappa shape index (κ1) is 17.2. The van der Waals surface area contributed by atoms with Crippen LogP contribution in [0.4, 0.5) is 0 Å². The number of nitrogens with one attached hydrogen (secondary N) is 1. The number of hydrogen-bond acceptors (Lipinski definition) is 3. The van der Waals surface area contributed by atoms with E-state index in [0.29, 0.717) is 31.5 Å². The lowest BCUT2D eigenvalue weighted by Crippen LogP contribution is -2.51. The Morgan fingerprint density at radius 2 is 1.90 bits per heavy atom. The molecule has 0 amide bonds. The minimum absolute atomic E-state index is 0.0297. The number of piperidine rings is 2. The van der Waals surface area contributed by atoms with Gasteiger partial charge in [0.15, 0.2) is 0 Å². The van der Waals surface area contributed by atoms with Gasteiger partial charge in [-0.05, 0) is 64.5 Å². The van der Waals surface area contributed by atoms with E-state index in [9.17, 15) is 8.42 Å². The highest BCUT2D eigenvalue weighted by molar-refractivity contribution is 7.86. The lowest BCUT2D eigenvalue weighted by Gasteiger charge is -2.38. The maximum atomic E-state index is 13.0. The Bertz CT molecular complexity index is 419. The van der Waals surface area contributed by atoms with E-state index >= 15 is 0 Å². The fourth-order valence-corrected chi connectivity index (χ4v) is 5.43. The summed E-state index contributed by atoms with van der Waals surface area (Å²) in [6, 6.07) is 0.0297. The fourth-order valence-electron chi connectivity index (χ4n) is 3.39. The van der Waals surface area contributed by atoms with Crippen LogP contribution in [0.2, 0.25) is 0 Å². The minimum atomic E-state index is -3.31. The molecule has 6 heteroatoms. The van der Waals surface area contributed by atoms with Crippen LogP contribution in [0.15, 0.2) is 0 Å². The zero-order valence-electron chi connectivity index (χ0n) is 13.7. The third kappa shape index (κ3) is 4.41. The monoisotopic (exact) mass is 317 g/mol. The van der Waals surface area contributed by atoms with Gasteiger partial charge < -0.3 is 5.32 Å². The van der Waals surface area contributed by atoms with E-state index in [-0.39, 0.29) is 6.04 Å². The third-order valence-electron chi connectivity index (χ3n) is 4.72. The predicted molar refractivity (Wildman–Crippen MR) is 86.3 cm³/mol. The molecule has 0 radical (unpaired) electrons. The van der Waals surface area contributed by atoms with E-state index in [4.69, 9.17) is 0 Å². The molecule has 0 aromatic heterocycles. The summed E-state index contributed by atoms with van der Waals surface area (Å²) in [6.07, 6.45) is 4.28. The molecular formula is C15H31N3O2S. The van der Waals surface area contributed by atoms with Crippen molar-refractivity contribution in [1.29, 1.82) is 0 Å². The van der Waals surface area contributed by atoms with Gasteiger partial charge in [0, 0.05) is 25.7 Å². The van der Waals surface area contributed by atoms with Crippen molar-refractivity contribution < 1.29 is 8.42 Å². The highest BCUT2D eigenvalue weighted by Crippen LogP contribution is 2.24. The van der Waals surface area contributed by atoms with Gasteiger partial charge in [-0.15, -0.1) is 0 Å². The zero-order chi connectivity index (χ0) is 15.5. The van der Waals surface area contributed by atoms with Gasteiger partial charge in [0.25, 0.3) is 10.2 Å². The Morgan fingerprint density at radius 3 is 2.48 bits per heavy atom. The molecule has 2 rings (SSSR count). The molecule has 0 saturated carbocycles. The Labute approximate surface area is 130 Å². The van der Waals surface area contributed by atoms with Crippen LogP contribution in [0.5, 0.6) is 0 Å². The summed E-state index contributed by atoms with van der Waals surface area (Å²) < 4.78 is 29.4. The Hall–Kier alpha value is -0.170. The lowest BCUT2D eigenvalue weighted by atomic mass is 9.98. The number of hydrogen-bond donors (Lipinski definition) is 1. The molecule has 2 aliphatic rings. The molecule has 0 aliphatic carbocycles. The first-order chi connectivity index (χ1) is 9.91. The Morgan fingerprint density at radius 1 is 1.24 bits per heavy atom. The van der Waals surface area contributed by atoms with Crippen molar-refractivity contribution in [2.75, 3.05) is 32.7 Å². The summed E-state index contributed by atoms with van der Waals surface area (Å²) in [5.41, 5.74) is 0. The molecule has 0 spiro atoms. The van der Waals surface area contributed by atoms with E-state index in [2.05, 4.69) is 12.2 Å². The smallest absolute Gasteiger partial charge is 0.282 e. The van der Waals surface area contributed by atoms with Crippen LogP contribution in [0.25, 0.3) is 0 Å². The molecule has 2 aliphatic heterocycles. The predicted octanol–water partition coefficient (Wildman–Crippen LogP) is 1.67. The zero-order valence-corrected chi connectivity index (χ0v) is 14.5. The lowest BCUT2D eigenvalue weighted by molar-refractivity contribution is 0.220. The molecule has 2 fully saturated rings. The molecule has 0 aromatic rings. The maximum Gasteiger partial charge on any atom is 0.282 e. The van der Waals surface area contributed by atoms with Crippen molar-refractivity contribution in [3.05, 3.63) is 0 Å². The van der Waals surface area contributed by atoms with E-state index in [0.717, 1.165) is 38.8 Å². The summed E-state index contributed by atoms with van der Waals surface area (Å²) in [5, 5.41) is 3.35. The highest BCUT2D eigenvalue weighted by Gasteiger charge is 2.35. The van der Waals surface area contributed by atoms with Crippen LogP contribution in [0.3, 0.4) is 0 Å². The first-order valence-corrected chi connectivity index (χ1v) is 9.78. The second kappa shape index (κ2) is 7.40. The molecule has 1 unspecified atom stereocenters.